The normalized spacial score (nSPS) is 36.6. The Labute approximate surface area is 130 Å². The molecule has 1 saturated heterocycles. The second-order valence-corrected chi connectivity index (χ2v) is 7.25. The maximum absolute atomic E-state index is 10.1. The third-order valence-corrected chi connectivity index (χ3v) is 5.39. The predicted octanol–water partition coefficient (Wildman–Crippen LogP) is 2.01. The van der Waals surface area contributed by atoms with Crippen molar-refractivity contribution in [2.24, 2.45) is 5.92 Å². The Balaban J connectivity index is 1.60. The van der Waals surface area contributed by atoms with Gasteiger partial charge in [-0.1, -0.05) is 19.8 Å². The Morgan fingerprint density at radius 2 is 2.00 bits per heavy atom. The van der Waals surface area contributed by atoms with Crippen molar-refractivity contribution in [1.29, 1.82) is 0 Å². The molecule has 5 atom stereocenters. The topological polar surface area (TPSA) is 44.7 Å². The number of nitrogens with one attached hydrogen (secondary N) is 1. The number of hydrogen-bond donors (Lipinski definition) is 2. The fourth-order valence-electron chi connectivity index (χ4n) is 3.60. The van der Waals surface area contributed by atoms with Gasteiger partial charge in [0.2, 0.25) is 0 Å². The Hall–Kier alpha value is -0.160. The van der Waals surface area contributed by atoms with Crippen LogP contribution in [0.1, 0.15) is 52.4 Å². The molecule has 0 bridgehead atoms. The van der Waals surface area contributed by atoms with E-state index in [4.69, 9.17) is 4.74 Å². The van der Waals surface area contributed by atoms with E-state index in [0.717, 1.165) is 13.0 Å². The van der Waals surface area contributed by atoms with Gasteiger partial charge in [0.25, 0.3) is 0 Å². The summed E-state index contributed by atoms with van der Waals surface area (Å²) in [7, 11) is 2.19. The van der Waals surface area contributed by atoms with E-state index < -0.39 is 0 Å². The molecule has 0 aromatic carbocycles. The first-order valence-electron chi connectivity index (χ1n) is 8.79. The van der Waals surface area contributed by atoms with Crippen LogP contribution in [-0.2, 0) is 4.74 Å². The van der Waals surface area contributed by atoms with Crippen LogP contribution >= 0.6 is 0 Å². The second-order valence-electron chi connectivity index (χ2n) is 7.25. The van der Waals surface area contributed by atoms with E-state index in [-0.39, 0.29) is 6.10 Å². The Bertz CT molecular complexity index is 301. The van der Waals surface area contributed by atoms with Crippen molar-refractivity contribution in [2.75, 3.05) is 26.7 Å². The second kappa shape index (κ2) is 8.47. The van der Waals surface area contributed by atoms with Gasteiger partial charge in [0.05, 0.1) is 18.8 Å². The number of likely N-dealkylation sites (tertiary alicyclic amines) is 1. The van der Waals surface area contributed by atoms with Gasteiger partial charge in [-0.15, -0.1) is 0 Å². The molecule has 4 nitrogen and oxygen atoms in total. The molecular formula is C17H34N2O2. The first-order valence-corrected chi connectivity index (χ1v) is 8.79. The van der Waals surface area contributed by atoms with E-state index >= 15 is 0 Å². The summed E-state index contributed by atoms with van der Waals surface area (Å²) in [5, 5.41) is 13.6. The van der Waals surface area contributed by atoms with E-state index in [9.17, 15) is 5.11 Å². The predicted molar refractivity (Wildman–Crippen MR) is 86.5 cm³/mol. The van der Waals surface area contributed by atoms with Crippen molar-refractivity contribution in [3.63, 3.8) is 0 Å². The smallest absolute Gasteiger partial charge is 0.0897 e. The molecule has 1 saturated carbocycles. The molecule has 2 aliphatic rings. The average Bonchev–Trinajstić information content (AvgIpc) is 2.47. The zero-order valence-corrected chi connectivity index (χ0v) is 14.1. The van der Waals surface area contributed by atoms with Crippen LogP contribution < -0.4 is 5.32 Å². The van der Waals surface area contributed by atoms with Crippen molar-refractivity contribution in [1.82, 2.24) is 10.2 Å². The molecule has 1 heterocycles. The third kappa shape index (κ3) is 5.51. The minimum Gasteiger partial charge on any atom is -0.389 e. The SMILES string of the molecule is CC1CCCCC1OCC(O)CNC1CCN(C)C(C)C1. The highest BCUT2D eigenvalue weighted by atomic mass is 16.5. The zero-order valence-electron chi connectivity index (χ0n) is 14.1. The lowest BCUT2D eigenvalue weighted by molar-refractivity contribution is -0.0460. The lowest BCUT2D eigenvalue weighted by Gasteiger charge is -2.36. The van der Waals surface area contributed by atoms with Crippen molar-refractivity contribution in [3.8, 4) is 0 Å². The van der Waals surface area contributed by atoms with Crippen molar-refractivity contribution in [3.05, 3.63) is 0 Å². The van der Waals surface area contributed by atoms with E-state index in [1.807, 2.05) is 0 Å². The largest absolute Gasteiger partial charge is 0.389 e. The summed E-state index contributed by atoms with van der Waals surface area (Å²) in [6.45, 7) is 6.82. The molecule has 0 amide bonds. The molecular weight excluding hydrogens is 264 g/mol. The highest BCUT2D eigenvalue weighted by Gasteiger charge is 2.24. The number of aliphatic hydroxyl groups excluding tert-OH is 1. The third-order valence-electron chi connectivity index (χ3n) is 5.39. The van der Waals surface area contributed by atoms with Gasteiger partial charge in [0.15, 0.2) is 0 Å². The van der Waals surface area contributed by atoms with Gasteiger partial charge in [0, 0.05) is 18.6 Å². The lowest BCUT2D eigenvalue weighted by Crippen LogP contribution is -2.47. The number of nitrogens with zero attached hydrogens (tertiary/aromatic N) is 1. The van der Waals surface area contributed by atoms with Gasteiger partial charge < -0.3 is 20.1 Å². The first-order chi connectivity index (χ1) is 10.1. The molecule has 21 heavy (non-hydrogen) atoms. The van der Waals surface area contributed by atoms with Crippen LogP contribution in [-0.4, -0.2) is 61.0 Å². The number of hydrogen-bond acceptors (Lipinski definition) is 4. The number of piperidine rings is 1. The van der Waals surface area contributed by atoms with Crippen LogP contribution in [0.2, 0.25) is 0 Å². The quantitative estimate of drug-likeness (QED) is 0.787. The van der Waals surface area contributed by atoms with E-state index in [2.05, 4.69) is 31.1 Å². The van der Waals surface area contributed by atoms with Crippen LogP contribution in [0.5, 0.6) is 0 Å². The highest BCUT2D eigenvalue weighted by Crippen LogP contribution is 2.26. The van der Waals surface area contributed by atoms with Crippen LogP contribution in [0.15, 0.2) is 0 Å². The van der Waals surface area contributed by atoms with Crippen molar-refractivity contribution < 1.29 is 9.84 Å². The molecule has 1 aliphatic carbocycles. The number of aliphatic hydroxyl groups is 1. The number of rotatable bonds is 6. The minimum absolute atomic E-state index is 0.358. The van der Waals surface area contributed by atoms with Crippen molar-refractivity contribution >= 4 is 0 Å². The maximum Gasteiger partial charge on any atom is 0.0897 e. The summed E-state index contributed by atoms with van der Waals surface area (Å²) in [5.74, 6) is 0.647. The Morgan fingerprint density at radius 1 is 1.24 bits per heavy atom. The summed E-state index contributed by atoms with van der Waals surface area (Å²) in [6.07, 6.45) is 7.36. The van der Waals surface area contributed by atoms with E-state index in [1.54, 1.807) is 0 Å². The van der Waals surface area contributed by atoms with Crippen LogP contribution in [0.4, 0.5) is 0 Å². The fraction of sp³-hybridized carbons (Fsp3) is 1.00. The molecule has 4 heteroatoms. The minimum atomic E-state index is -0.380. The first kappa shape index (κ1) is 17.2. The van der Waals surface area contributed by atoms with Gasteiger partial charge in [-0.25, -0.2) is 0 Å². The van der Waals surface area contributed by atoms with Crippen molar-refractivity contribution in [2.45, 2.75) is 76.7 Å². The standard InChI is InChI=1S/C17H34N2O2/c1-13-6-4-5-7-17(13)21-12-16(20)11-18-15-8-9-19(3)14(2)10-15/h13-18,20H,4-12H2,1-3H3. The molecule has 1 aliphatic heterocycles. The number of ether oxygens (including phenoxy) is 1. The van der Waals surface area contributed by atoms with Gasteiger partial charge in [-0.05, 0) is 52.1 Å². The van der Waals surface area contributed by atoms with Gasteiger partial charge >= 0.3 is 0 Å². The lowest BCUT2D eigenvalue weighted by atomic mass is 9.88. The molecule has 2 rings (SSSR count). The summed E-state index contributed by atoms with van der Waals surface area (Å²) in [6, 6.07) is 1.17. The summed E-state index contributed by atoms with van der Waals surface area (Å²) in [5.41, 5.74) is 0. The van der Waals surface area contributed by atoms with Gasteiger partial charge in [-0.2, -0.15) is 0 Å². The Kier molecular flexibility index (Phi) is 6.93. The molecule has 5 unspecified atom stereocenters. The van der Waals surface area contributed by atoms with E-state index in [1.165, 1.54) is 32.1 Å². The molecule has 0 aromatic heterocycles. The molecule has 2 fully saturated rings. The average molecular weight is 298 g/mol. The molecule has 2 N–H and O–H groups in total. The van der Waals surface area contributed by atoms with E-state index in [0.29, 0.717) is 37.3 Å². The zero-order chi connectivity index (χ0) is 15.2. The monoisotopic (exact) mass is 298 g/mol. The highest BCUT2D eigenvalue weighted by molar-refractivity contribution is 4.82. The molecule has 124 valence electrons. The van der Waals surface area contributed by atoms with Crippen LogP contribution in [0.3, 0.4) is 0 Å². The van der Waals surface area contributed by atoms with Gasteiger partial charge in [-0.3, -0.25) is 0 Å². The molecule has 0 aromatic rings. The Morgan fingerprint density at radius 3 is 2.71 bits per heavy atom. The fourth-order valence-corrected chi connectivity index (χ4v) is 3.60. The van der Waals surface area contributed by atoms with Gasteiger partial charge in [0.1, 0.15) is 0 Å². The summed E-state index contributed by atoms with van der Waals surface area (Å²) < 4.78 is 5.94. The summed E-state index contributed by atoms with van der Waals surface area (Å²) >= 11 is 0. The maximum atomic E-state index is 10.1. The molecule has 0 spiro atoms. The molecule has 0 radical (unpaired) electrons. The summed E-state index contributed by atoms with van der Waals surface area (Å²) in [4.78, 5) is 2.40. The van der Waals surface area contributed by atoms with Crippen LogP contribution in [0, 0.1) is 5.92 Å². The van der Waals surface area contributed by atoms with Crippen LogP contribution in [0.25, 0.3) is 0 Å².